The number of rotatable bonds is 7. The third-order valence-corrected chi connectivity index (χ3v) is 9.80. The molecule has 0 bridgehead atoms. The summed E-state index contributed by atoms with van der Waals surface area (Å²) in [5, 5.41) is 11.7. The number of Topliss-reactive ketones (excluding diaryl/α,β-unsaturated/α-hetero) is 1. The maximum atomic E-state index is 12.9. The Balaban J connectivity index is 1.73. The number of hydrogen-bond acceptors (Lipinski definition) is 7. The van der Waals surface area contributed by atoms with Crippen molar-refractivity contribution in [3.63, 3.8) is 0 Å². The van der Waals surface area contributed by atoms with E-state index in [-0.39, 0.29) is 41.3 Å². The molecule has 4 aliphatic carbocycles. The summed E-state index contributed by atoms with van der Waals surface area (Å²) in [7, 11) is 0. The molecule has 1 N–H and O–H groups in total. The van der Waals surface area contributed by atoms with Gasteiger partial charge in [-0.3, -0.25) is 19.2 Å². The standard InChI is InChI=1S/C29H42O7/c1-6-8-24(33)35-22-13-18-19-14-23(36-25(34)9-7-2)26(16(3)30)29(19,5)15-21(32)27(18)28(4)11-10-17(31)12-20(22)28/h12,18-19,21-23,26-27,32H,6-11,13-15H2,1-5H3/t18-,19-,21?,22?,23?,26-,27+,28-,29-/m0/s1. The number of aliphatic hydroxyl groups excluding tert-OH is 1. The Kier molecular flexibility index (Phi) is 7.53. The van der Waals surface area contributed by atoms with E-state index >= 15 is 0 Å². The van der Waals surface area contributed by atoms with Crippen molar-refractivity contribution in [1.29, 1.82) is 0 Å². The van der Waals surface area contributed by atoms with Crippen LogP contribution >= 0.6 is 0 Å². The highest BCUT2D eigenvalue weighted by Gasteiger charge is 2.67. The van der Waals surface area contributed by atoms with Crippen LogP contribution in [0.5, 0.6) is 0 Å². The fraction of sp³-hybridized carbons (Fsp3) is 0.793. The molecular weight excluding hydrogens is 460 g/mol. The van der Waals surface area contributed by atoms with Crippen molar-refractivity contribution in [3.05, 3.63) is 11.6 Å². The molecule has 0 spiro atoms. The summed E-state index contributed by atoms with van der Waals surface area (Å²) < 4.78 is 11.9. The third-order valence-electron chi connectivity index (χ3n) is 9.80. The number of ether oxygens (including phenoxy) is 2. The van der Waals surface area contributed by atoms with Crippen LogP contribution in [0.1, 0.15) is 92.4 Å². The number of aliphatic hydroxyl groups is 1. The minimum atomic E-state index is -0.669. The molecule has 9 atom stereocenters. The molecule has 7 nitrogen and oxygen atoms in total. The molecule has 0 saturated heterocycles. The maximum Gasteiger partial charge on any atom is 0.306 e. The van der Waals surface area contributed by atoms with E-state index in [0.29, 0.717) is 57.8 Å². The zero-order valence-electron chi connectivity index (χ0n) is 22.4. The van der Waals surface area contributed by atoms with Crippen molar-refractivity contribution in [2.75, 3.05) is 0 Å². The fourth-order valence-electron chi connectivity index (χ4n) is 8.51. The van der Waals surface area contributed by atoms with Gasteiger partial charge in [-0.2, -0.15) is 0 Å². The van der Waals surface area contributed by atoms with Crippen LogP contribution in [0.25, 0.3) is 0 Å². The first-order valence-corrected chi connectivity index (χ1v) is 13.8. The van der Waals surface area contributed by atoms with E-state index in [0.717, 1.165) is 5.57 Å². The molecule has 0 heterocycles. The number of esters is 2. The smallest absolute Gasteiger partial charge is 0.306 e. The van der Waals surface area contributed by atoms with Crippen LogP contribution in [0.2, 0.25) is 0 Å². The van der Waals surface area contributed by atoms with Crippen LogP contribution in [0, 0.1) is 34.5 Å². The fourth-order valence-corrected chi connectivity index (χ4v) is 8.51. The van der Waals surface area contributed by atoms with Gasteiger partial charge >= 0.3 is 11.9 Å². The summed E-state index contributed by atoms with van der Waals surface area (Å²) in [6.45, 7) is 9.57. The van der Waals surface area contributed by atoms with Gasteiger partial charge in [0.25, 0.3) is 0 Å². The molecule has 0 aromatic carbocycles. The van der Waals surface area contributed by atoms with Gasteiger partial charge in [0.15, 0.2) is 5.78 Å². The van der Waals surface area contributed by atoms with E-state index in [1.54, 1.807) is 13.0 Å². The Morgan fingerprint density at radius 1 is 1.06 bits per heavy atom. The maximum absolute atomic E-state index is 12.9. The molecule has 0 radical (unpaired) electrons. The van der Waals surface area contributed by atoms with Crippen molar-refractivity contribution in [3.8, 4) is 0 Å². The monoisotopic (exact) mass is 502 g/mol. The first-order chi connectivity index (χ1) is 17.0. The van der Waals surface area contributed by atoms with Gasteiger partial charge in [0, 0.05) is 19.3 Å². The summed E-state index contributed by atoms with van der Waals surface area (Å²) in [4.78, 5) is 50.4. The van der Waals surface area contributed by atoms with Crippen LogP contribution < -0.4 is 0 Å². The normalized spacial score (nSPS) is 41.4. The second-order valence-corrected chi connectivity index (χ2v) is 12.1. The van der Waals surface area contributed by atoms with Crippen LogP contribution in [-0.4, -0.2) is 46.9 Å². The van der Waals surface area contributed by atoms with Crippen molar-refractivity contribution in [1.82, 2.24) is 0 Å². The molecular formula is C29H42O7. The Bertz CT molecular complexity index is 953. The molecule has 7 heteroatoms. The minimum absolute atomic E-state index is 0.0169. The molecule has 4 aliphatic rings. The van der Waals surface area contributed by atoms with Crippen LogP contribution in [0.15, 0.2) is 11.6 Å². The largest absolute Gasteiger partial charge is 0.462 e. The molecule has 3 unspecified atom stereocenters. The molecule has 0 aliphatic heterocycles. The van der Waals surface area contributed by atoms with Crippen molar-refractivity contribution < 1.29 is 33.8 Å². The highest BCUT2D eigenvalue weighted by Crippen LogP contribution is 2.67. The van der Waals surface area contributed by atoms with Crippen LogP contribution in [0.4, 0.5) is 0 Å². The van der Waals surface area contributed by atoms with E-state index in [9.17, 15) is 24.3 Å². The van der Waals surface area contributed by atoms with E-state index in [1.807, 2.05) is 13.8 Å². The van der Waals surface area contributed by atoms with Gasteiger partial charge in [-0.15, -0.1) is 0 Å². The predicted octanol–water partition coefficient (Wildman–Crippen LogP) is 4.34. The van der Waals surface area contributed by atoms with Gasteiger partial charge in [-0.1, -0.05) is 27.7 Å². The van der Waals surface area contributed by atoms with Crippen molar-refractivity contribution >= 4 is 23.5 Å². The number of fused-ring (bicyclic) bond motifs is 5. The van der Waals surface area contributed by atoms with Crippen molar-refractivity contribution in [2.24, 2.45) is 34.5 Å². The van der Waals surface area contributed by atoms with Gasteiger partial charge in [0.2, 0.25) is 0 Å². The molecule has 4 rings (SSSR count). The van der Waals surface area contributed by atoms with Gasteiger partial charge in [-0.05, 0) is 85.7 Å². The lowest BCUT2D eigenvalue weighted by Gasteiger charge is -2.60. The first kappa shape index (κ1) is 27.0. The van der Waals surface area contributed by atoms with Gasteiger partial charge in [0.1, 0.15) is 18.0 Å². The highest BCUT2D eigenvalue weighted by atomic mass is 16.5. The SMILES string of the molecule is CCCC(=O)OC1C[C@H]2[C@@H]3CC(OC(=O)CCC)[C@H](C(C)=O)[C@@]3(C)CC(O)[C@@H]2[C@@]2(C)CCC(=O)C=C12. The molecule has 3 fully saturated rings. The lowest BCUT2D eigenvalue weighted by molar-refractivity contribution is -0.168. The summed E-state index contributed by atoms with van der Waals surface area (Å²) in [6.07, 6.45) is 4.46. The lowest BCUT2D eigenvalue weighted by atomic mass is 9.45. The summed E-state index contributed by atoms with van der Waals surface area (Å²) in [5.41, 5.74) is -0.166. The predicted molar refractivity (Wildman–Crippen MR) is 133 cm³/mol. The third kappa shape index (κ3) is 4.46. The number of hydrogen-bond donors (Lipinski definition) is 1. The summed E-state index contributed by atoms with van der Waals surface area (Å²) in [6, 6.07) is 0. The van der Waals surface area contributed by atoms with Gasteiger partial charge in [-0.25, -0.2) is 0 Å². The highest BCUT2D eigenvalue weighted by molar-refractivity contribution is 5.92. The Labute approximate surface area is 214 Å². The van der Waals surface area contributed by atoms with Gasteiger partial charge in [0.05, 0.1) is 12.0 Å². The van der Waals surface area contributed by atoms with Crippen LogP contribution in [-0.2, 0) is 28.7 Å². The topological polar surface area (TPSA) is 107 Å². The van der Waals surface area contributed by atoms with E-state index in [2.05, 4.69) is 13.8 Å². The number of ketones is 2. The van der Waals surface area contributed by atoms with E-state index in [4.69, 9.17) is 9.47 Å². The number of carbonyl (C=O) groups is 4. The second kappa shape index (κ2) is 10.0. The molecule has 3 saturated carbocycles. The average Bonchev–Trinajstić information content (AvgIpc) is 3.06. The molecule has 0 aromatic heterocycles. The lowest BCUT2D eigenvalue weighted by Crippen LogP contribution is -2.59. The first-order valence-electron chi connectivity index (χ1n) is 13.8. The Hall–Kier alpha value is -2.02. The molecule has 0 amide bonds. The number of carbonyl (C=O) groups excluding carboxylic acids is 4. The summed E-state index contributed by atoms with van der Waals surface area (Å²) >= 11 is 0. The quantitative estimate of drug-likeness (QED) is 0.516. The zero-order valence-corrected chi connectivity index (χ0v) is 22.4. The molecule has 36 heavy (non-hydrogen) atoms. The van der Waals surface area contributed by atoms with E-state index < -0.39 is 35.1 Å². The molecule has 200 valence electrons. The van der Waals surface area contributed by atoms with Crippen molar-refractivity contribution in [2.45, 2.75) is 111 Å². The van der Waals surface area contributed by atoms with Crippen LogP contribution in [0.3, 0.4) is 0 Å². The minimum Gasteiger partial charge on any atom is -0.462 e. The Morgan fingerprint density at radius 3 is 2.31 bits per heavy atom. The Morgan fingerprint density at radius 2 is 1.69 bits per heavy atom. The molecule has 0 aromatic rings. The zero-order chi connectivity index (χ0) is 26.4. The second-order valence-electron chi connectivity index (χ2n) is 12.1. The van der Waals surface area contributed by atoms with Gasteiger partial charge < -0.3 is 14.6 Å². The average molecular weight is 503 g/mol. The van der Waals surface area contributed by atoms with E-state index in [1.165, 1.54) is 0 Å². The summed E-state index contributed by atoms with van der Waals surface area (Å²) in [5.74, 6) is -1.13.